The molecule has 38 heavy (non-hydrogen) atoms. The summed E-state index contributed by atoms with van der Waals surface area (Å²) in [4.78, 5) is 14.8. The number of ether oxygens (including phenoxy) is 1. The Bertz CT molecular complexity index is 858. The number of esters is 1. The van der Waals surface area contributed by atoms with Crippen LogP contribution < -0.4 is 17.0 Å². The molecule has 0 aromatic rings. The molecule has 2 heterocycles. The van der Waals surface area contributed by atoms with Gasteiger partial charge in [0.2, 0.25) is 0 Å². The van der Waals surface area contributed by atoms with Crippen molar-refractivity contribution in [2.45, 2.75) is 129 Å². The normalized spacial score (nSPS) is 48.7. The van der Waals surface area contributed by atoms with Gasteiger partial charge in [-0.25, -0.2) is 0 Å². The largest absolute Gasteiger partial charge is 1.00 e. The summed E-state index contributed by atoms with van der Waals surface area (Å²) in [5.74, 6) is 2.74. The van der Waals surface area contributed by atoms with Crippen LogP contribution in [0.25, 0.3) is 0 Å². The molecule has 2 saturated heterocycles. The van der Waals surface area contributed by atoms with Gasteiger partial charge in [0.05, 0.1) is 20.1 Å². The van der Waals surface area contributed by atoms with Gasteiger partial charge in [0.1, 0.15) is 18.2 Å². The number of quaternary nitrogens is 1. The van der Waals surface area contributed by atoms with Crippen LogP contribution in [0.1, 0.15) is 104 Å². The molecule has 6 heteroatoms. The van der Waals surface area contributed by atoms with Crippen LogP contribution in [-0.4, -0.2) is 78.0 Å². The van der Waals surface area contributed by atoms with Gasteiger partial charge in [-0.1, -0.05) is 20.3 Å². The molecular formula is C32H55BrN2O3. The number of likely N-dealkylation sites (N-methyl/N-ethyl adjacent to an activating group) is 1. The Balaban J connectivity index is 0.00000294. The van der Waals surface area contributed by atoms with E-state index in [9.17, 15) is 9.90 Å². The van der Waals surface area contributed by atoms with Gasteiger partial charge in [-0.2, -0.15) is 0 Å². The average molecular weight is 596 g/mol. The van der Waals surface area contributed by atoms with Gasteiger partial charge >= 0.3 is 5.97 Å². The molecule has 0 bridgehead atoms. The van der Waals surface area contributed by atoms with E-state index in [2.05, 4.69) is 25.8 Å². The maximum atomic E-state index is 12.1. The standard InChI is InChI=1S/C32H55N2O3.BrH/c1-22(35)37-29-19-23-11-12-24-25(32(23,3)21-27(29)33-15-7-5-8-16-33)13-14-31(2)26(24)20-28(30(31)36)34(4)17-9-6-10-18-34;/h23-30,36H,5-21H2,1-4H3;1H/q+1;/p-1/t23-,24?,25?,26?,27-,28-,29-,30-,31?,32?;/m0./s1. The predicted octanol–water partition coefficient (Wildman–Crippen LogP) is 2.40. The van der Waals surface area contributed by atoms with Crippen LogP contribution in [0.4, 0.5) is 0 Å². The highest BCUT2D eigenvalue weighted by Crippen LogP contribution is 2.67. The van der Waals surface area contributed by atoms with Gasteiger partial charge in [-0.05, 0) is 113 Å². The number of piperidine rings is 2. The van der Waals surface area contributed by atoms with Crippen molar-refractivity contribution >= 4 is 5.97 Å². The molecule has 6 rings (SSSR count). The third kappa shape index (κ3) is 4.73. The number of hydrogen-bond donors (Lipinski definition) is 1. The molecule has 218 valence electrons. The third-order valence-corrected chi connectivity index (χ3v) is 13.4. The van der Waals surface area contributed by atoms with Gasteiger partial charge in [-0.3, -0.25) is 9.69 Å². The number of carbonyl (C=O) groups excluding carboxylic acids is 1. The second-order valence-electron chi connectivity index (χ2n) is 15.2. The van der Waals surface area contributed by atoms with E-state index >= 15 is 0 Å². The summed E-state index contributed by atoms with van der Waals surface area (Å²) in [6, 6.07) is 0.817. The fourth-order valence-electron chi connectivity index (χ4n) is 11.4. The van der Waals surface area contributed by atoms with E-state index in [1.165, 1.54) is 103 Å². The van der Waals surface area contributed by atoms with Crippen LogP contribution >= 0.6 is 0 Å². The van der Waals surface area contributed by atoms with Crippen molar-refractivity contribution in [1.82, 2.24) is 4.90 Å². The minimum Gasteiger partial charge on any atom is -1.00 e. The predicted molar refractivity (Wildman–Crippen MR) is 147 cm³/mol. The summed E-state index contributed by atoms with van der Waals surface area (Å²) in [7, 11) is 2.46. The van der Waals surface area contributed by atoms with E-state index in [1.54, 1.807) is 6.92 Å². The van der Waals surface area contributed by atoms with Crippen LogP contribution in [0.5, 0.6) is 0 Å². The van der Waals surface area contributed by atoms with Crippen molar-refractivity contribution in [2.75, 3.05) is 33.2 Å². The monoisotopic (exact) mass is 594 g/mol. The van der Waals surface area contributed by atoms with E-state index < -0.39 is 0 Å². The highest BCUT2D eigenvalue weighted by Gasteiger charge is 2.66. The molecule has 0 aromatic heterocycles. The Morgan fingerprint density at radius 1 is 0.921 bits per heavy atom. The summed E-state index contributed by atoms with van der Waals surface area (Å²) < 4.78 is 7.18. The average Bonchev–Trinajstić information content (AvgIpc) is 3.16. The summed E-state index contributed by atoms with van der Waals surface area (Å²) in [5, 5.41) is 11.9. The number of nitrogens with zero attached hydrogens (tertiary/aromatic N) is 2. The van der Waals surface area contributed by atoms with E-state index in [1.807, 2.05) is 0 Å². The van der Waals surface area contributed by atoms with E-state index in [0.717, 1.165) is 22.7 Å². The van der Waals surface area contributed by atoms with Gasteiger partial charge in [-0.15, -0.1) is 0 Å². The number of aliphatic hydroxyl groups is 1. The molecule has 6 fully saturated rings. The zero-order valence-electron chi connectivity index (χ0n) is 24.7. The SMILES string of the molecule is CC(=O)O[C@H]1C[C@@H]2CCC3C(CCC4(C)C3C[C@H]([N+]3(C)CCCCC3)[C@@H]4O)C2(C)C[C@@H]1N1CCCCC1.[Br-]. The second-order valence-corrected chi connectivity index (χ2v) is 15.2. The van der Waals surface area contributed by atoms with Crippen molar-refractivity contribution in [3.63, 3.8) is 0 Å². The topological polar surface area (TPSA) is 49.8 Å². The lowest BCUT2D eigenvalue weighted by Crippen LogP contribution is -3.00. The van der Waals surface area contributed by atoms with Crippen LogP contribution in [0, 0.1) is 34.5 Å². The first-order valence-corrected chi connectivity index (χ1v) is 16.1. The van der Waals surface area contributed by atoms with Crippen LogP contribution in [0.2, 0.25) is 0 Å². The third-order valence-electron chi connectivity index (χ3n) is 13.4. The number of carbonyl (C=O) groups is 1. The zero-order valence-corrected chi connectivity index (χ0v) is 26.3. The highest BCUT2D eigenvalue weighted by molar-refractivity contribution is 5.66. The summed E-state index contributed by atoms with van der Waals surface area (Å²) in [5.41, 5.74) is 0.421. The van der Waals surface area contributed by atoms with Crippen LogP contribution in [0.15, 0.2) is 0 Å². The number of likely N-dealkylation sites (tertiary alicyclic amines) is 2. The maximum Gasteiger partial charge on any atom is 0.302 e. The van der Waals surface area contributed by atoms with Gasteiger partial charge in [0, 0.05) is 24.8 Å². The number of fused-ring (bicyclic) bond motifs is 5. The quantitative estimate of drug-likeness (QED) is 0.403. The first-order chi connectivity index (χ1) is 17.7. The fourth-order valence-corrected chi connectivity index (χ4v) is 11.4. The minimum absolute atomic E-state index is 0. The molecule has 2 aliphatic heterocycles. The van der Waals surface area contributed by atoms with Gasteiger partial charge < -0.3 is 31.3 Å². The lowest BCUT2D eigenvalue weighted by molar-refractivity contribution is -0.940. The molecule has 0 radical (unpaired) electrons. The summed E-state index contributed by atoms with van der Waals surface area (Å²) >= 11 is 0. The van der Waals surface area contributed by atoms with Crippen molar-refractivity contribution in [2.24, 2.45) is 34.5 Å². The number of hydrogen-bond acceptors (Lipinski definition) is 4. The number of aliphatic hydroxyl groups excluding tert-OH is 1. The smallest absolute Gasteiger partial charge is 0.302 e. The van der Waals surface area contributed by atoms with E-state index in [-0.39, 0.29) is 40.6 Å². The van der Waals surface area contributed by atoms with E-state index in [4.69, 9.17) is 4.74 Å². The molecule has 5 nitrogen and oxygen atoms in total. The lowest BCUT2D eigenvalue weighted by Gasteiger charge is -2.62. The zero-order chi connectivity index (χ0) is 26.0. The number of rotatable bonds is 3. The Hall–Kier alpha value is -0.170. The van der Waals surface area contributed by atoms with Crippen molar-refractivity contribution in [1.29, 1.82) is 0 Å². The summed E-state index contributed by atoms with van der Waals surface area (Å²) in [6.07, 6.45) is 16.4. The fraction of sp³-hybridized carbons (Fsp3) is 0.969. The molecule has 5 unspecified atom stereocenters. The van der Waals surface area contributed by atoms with Gasteiger partial charge in [0.25, 0.3) is 0 Å². The van der Waals surface area contributed by atoms with Crippen LogP contribution in [0.3, 0.4) is 0 Å². The number of halogens is 1. The Labute approximate surface area is 242 Å². The molecule has 0 amide bonds. The molecule has 4 aliphatic carbocycles. The molecule has 6 aliphatic rings. The molecule has 0 spiro atoms. The summed E-state index contributed by atoms with van der Waals surface area (Å²) in [6.45, 7) is 11.6. The van der Waals surface area contributed by atoms with Crippen LogP contribution in [-0.2, 0) is 9.53 Å². The Morgan fingerprint density at radius 3 is 2.29 bits per heavy atom. The van der Waals surface area contributed by atoms with Crippen molar-refractivity contribution in [3.8, 4) is 0 Å². The molecule has 0 aromatic carbocycles. The Morgan fingerprint density at radius 2 is 1.61 bits per heavy atom. The Kier molecular flexibility index (Phi) is 8.42. The molecule has 4 saturated carbocycles. The first kappa shape index (κ1) is 29.3. The second kappa shape index (κ2) is 10.9. The molecular weight excluding hydrogens is 540 g/mol. The van der Waals surface area contributed by atoms with Gasteiger partial charge in [0.15, 0.2) is 0 Å². The highest BCUT2D eigenvalue weighted by atomic mass is 79.9. The first-order valence-electron chi connectivity index (χ1n) is 16.1. The van der Waals surface area contributed by atoms with Crippen molar-refractivity contribution < 1.29 is 36.1 Å². The van der Waals surface area contributed by atoms with Crippen molar-refractivity contribution in [3.05, 3.63) is 0 Å². The minimum atomic E-state index is -0.145. The molecule has 1 N–H and O–H groups in total. The van der Waals surface area contributed by atoms with E-state index in [0.29, 0.717) is 29.3 Å². The lowest BCUT2D eigenvalue weighted by atomic mass is 9.44. The molecule has 10 atom stereocenters. The maximum absolute atomic E-state index is 12.1.